The molecule has 3 nitrogen and oxygen atoms in total. The molecule has 0 saturated heterocycles. The quantitative estimate of drug-likeness (QED) is 0.759. The molecule has 1 aromatic rings. The molecule has 0 spiro atoms. The highest BCUT2D eigenvalue weighted by Gasteiger charge is 2.20. The Balaban J connectivity index is 2.36. The van der Waals surface area contributed by atoms with Crippen LogP contribution in [0.1, 0.15) is 38.3 Å². The number of methoxy groups -OCH3 is 1. The Morgan fingerprint density at radius 3 is 2.32 bits per heavy atom. The van der Waals surface area contributed by atoms with Crippen molar-refractivity contribution in [2.75, 3.05) is 13.7 Å². The molecule has 0 saturated carbocycles. The average Bonchev–Trinajstić information content (AvgIpc) is 2.30. The van der Waals surface area contributed by atoms with E-state index in [2.05, 4.69) is 43.4 Å². The Kier molecular flexibility index (Phi) is 6.49. The summed E-state index contributed by atoms with van der Waals surface area (Å²) in [4.78, 5) is 0. The number of aliphatic hydroxyl groups is 1. The third-order valence-electron chi connectivity index (χ3n) is 3.02. The summed E-state index contributed by atoms with van der Waals surface area (Å²) in [5.74, 6) is 0.505. The molecule has 0 aromatic heterocycles. The van der Waals surface area contributed by atoms with E-state index in [0.29, 0.717) is 19.1 Å². The van der Waals surface area contributed by atoms with Crippen molar-refractivity contribution in [3.05, 3.63) is 35.4 Å². The smallest absolute Gasteiger partial charge is 0.0746 e. The predicted molar refractivity (Wildman–Crippen MR) is 78.9 cm³/mol. The summed E-state index contributed by atoms with van der Waals surface area (Å²) >= 11 is 0. The average molecular weight is 265 g/mol. The third kappa shape index (κ3) is 6.71. The normalized spacial score (nSPS) is 14.6. The Labute approximate surface area is 117 Å². The van der Waals surface area contributed by atoms with Gasteiger partial charge < -0.3 is 15.2 Å². The van der Waals surface area contributed by atoms with E-state index in [-0.39, 0.29) is 0 Å². The van der Waals surface area contributed by atoms with Crippen LogP contribution in [0.2, 0.25) is 0 Å². The minimum absolute atomic E-state index is 0.505. The minimum Gasteiger partial charge on any atom is -0.389 e. The van der Waals surface area contributed by atoms with Gasteiger partial charge in [-0.3, -0.25) is 0 Å². The Hall–Kier alpha value is -0.900. The second-order valence-electron chi connectivity index (χ2n) is 5.95. The topological polar surface area (TPSA) is 41.5 Å². The number of rotatable bonds is 8. The van der Waals surface area contributed by atoms with Gasteiger partial charge >= 0.3 is 0 Å². The molecule has 2 N–H and O–H groups in total. The molecule has 0 radical (unpaired) electrons. The fourth-order valence-electron chi connectivity index (χ4n) is 2.35. The van der Waals surface area contributed by atoms with Gasteiger partial charge in [0.05, 0.1) is 12.2 Å². The maximum atomic E-state index is 10.2. The van der Waals surface area contributed by atoms with Crippen molar-refractivity contribution in [2.45, 2.75) is 45.9 Å². The number of nitrogens with one attached hydrogen (secondary N) is 1. The molecular weight excluding hydrogens is 238 g/mol. The second-order valence-corrected chi connectivity index (χ2v) is 5.95. The molecule has 0 bridgehead atoms. The van der Waals surface area contributed by atoms with Gasteiger partial charge in [0.25, 0.3) is 0 Å². The standard InChI is InChI=1S/C16H27NO2/c1-13(2)9-16(3,18)12-17-10-14-5-7-15(8-6-14)11-19-4/h5-8,13,17-18H,9-12H2,1-4H3. The van der Waals surface area contributed by atoms with Crippen LogP contribution < -0.4 is 5.32 Å². The molecule has 0 amide bonds. The lowest BCUT2D eigenvalue weighted by Gasteiger charge is -2.25. The Morgan fingerprint density at radius 2 is 1.79 bits per heavy atom. The fourth-order valence-corrected chi connectivity index (χ4v) is 2.35. The number of hydrogen-bond donors (Lipinski definition) is 2. The lowest BCUT2D eigenvalue weighted by Crippen LogP contribution is -2.38. The van der Waals surface area contributed by atoms with E-state index in [1.807, 2.05) is 6.92 Å². The monoisotopic (exact) mass is 265 g/mol. The zero-order valence-corrected chi connectivity index (χ0v) is 12.6. The maximum absolute atomic E-state index is 10.2. The molecule has 0 aliphatic rings. The zero-order chi connectivity index (χ0) is 14.3. The van der Waals surface area contributed by atoms with Crippen LogP contribution in [0.4, 0.5) is 0 Å². The lowest BCUT2D eigenvalue weighted by molar-refractivity contribution is 0.0383. The van der Waals surface area contributed by atoms with E-state index in [9.17, 15) is 5.11 Å². The summed E-state index contributed by atoms with van der Waals surface area (Å²) in [6, 6.07) is 8.34. The van der Waals surface area contributed by atoms with Crippen molar-refractivity contribution in [2.24, 2.45) is 5.92 Å². The fraction of sp³-hybridized carbons (Fsp3) is 0.625. The van der Waals surface area contributed by atoms with Crippen molar-refractivity contribution in [1.29, 1.82) is 0 Å². The number of ether oxygens (including phenoxy) is 1. The molecule has 1 aromatic carbocycles. The van der Waals surface area contributed by atoms with Gasteiger partial charge in [-0.05, 0) is 30.4 Å². The maximum Gasteiger partial charge on any atom is 0.0746 e. The lowest BCUT2D eigenvalue weighted by atomic mass is 9.94. The van der Waals surface area contributed by atoms with Crippen molar-refractivity contribution < 1.29 is 9.84 Å². The van der Waals surface area contributed by atoms with Gasteiger partial charge in [0, 0.05) is 20.2 Å². The van der Waals surface area contributed by atoms with E-state index >= 15 is 0 Å². The van der Waals surface area contributed by atoms with E-state index < -0.39 is 5.60 Å². The van der Waals surface area contributed by atoms with Crippen LogP contribution in [-0.4, -0.2) is 24.4 Å². The van der Waals surface area contributed by atoms with E-state index in [1.165, 1.54) is 11.1 Å². The van der Waals surface area contributed by atoms with Gasteiger partial charge in [0.15, 0.2) is 0 Å². The molecule has 0 aliphatic heterocycles. The molecular formula is C16H27NO2. The second kappa shape index (κ2) is 7.63. The molecule has 3 heteroatoms. The Morgan fingerprint density at radius 1 is 1.21 bits per heavy atom. The highest BCUT2D eigenvalue weighted by atomic mass is 16.5. The highest BCUT2D eigenvalue weighted by Crippen LogP contribution is 2.15. The summed E-state index contributed by atoms with van der Waals surface area (Å²) < 4.78 is 5.08. The summed E-state index contributed by atoms with van der Waals surface area (Å²) in [5.41, 5.74) is 1.77. The van der Waals surface area contributed by atoms with Crippen LogP contribution in [0.3, 0.4) is 0 Å². The van der Waals surface area contributed by atoms with Crippen molar-refractivity contribution in [3.8, 4) is 0 Å². The summed E-state index contributed by atoms with van der Waals surface area (Å²) in [5, 5.41) is 13.5. The molecule has 0 fully saturated rings. The van der Waals surface area contributed by atoms with E-state index in [1.54, 1.807) is 7.11 Å². The Bertz CT molecular complexity index is 358. The molecule has 1 rings (SSSR count). The first kappa shape index (κ1) is 16.2. The van der Waals surface area contributed by atoms with Gasteiger partial charge in [-0.15, -0.1) is 0 Å². The zero-order valence-electron chi connectivity index (χ0n) is 12.6. The number of hydrogen-bond acceptors (Lipinski definition) is 3. The first-order chi connectivity index (χ1) is 8.93. The van der Waals surface area contributed by atoms with Gasteiger partial charge in [-0.25, -0.2) is 0 Å². The predicted octanol–water partition coefficient (Wildman–Crippen LogP) is 2.72. The van der Waals surface area contributed by atoms with Crippen LogP contribution in [0.15, 0.2) is 24.3 Å². The van der Waals surface area contributed by atoms with Gasteiger partial charge in [-0.1, -0.05) is 38.1 Å². The molecule has 1 atom stereocenters. The highest BCUT2D eigenvalue weighted by molar-refractivity contribution is 5.21. The van der Waals surface area contributed by atoms with Crippen LogP contribution in [0.25, 0.3) is 0 Å². The molecule has 1 unspecified atom stereocenters. The first-order valence-corrected chi connectivity index (χ1v) is 6.93. The molecule has 0 aliphatic carbocycles. The summed E-state index contributed by atoms with van der Waals surface area (Å²) in [7, 11) is 1.70. The van der Waals surface area contributed by atoms with E-state index in [4.69, 9.17) is 4.74 Å². The van der Waals surface area contributed by atoms with Gasteiger partial charge in [0.2, 0.25) is 0 Å². The number of benzene rings is 1. The van der Waals surface area contributed by atoms with Crippen molar-refractivity contribution in [1.82, 2.24) is 5.32 Å². The first-order valence-electron chi connectivity index (χ1n) is 6.93. The van der Waals surface area contributed by atoms with Crippen LogP contribution in [-0.2, 0) is 17.9 Å². The third-order valence-corrected chi connectivity index (χ3v) is 3.02. The summed E-state index contributed by atoms with van der Waals surface area (Å²) in [6.45, 7) is 8.19. The minimum atomic E-state index is -0.635. The molecule has 0 heterocycles. The molecule has 19 heavy (non-hydrogen) atoms. The van der Waals surface area contributed by atoms with Crippen molar-refractivity contribution in [3.63, 3.8) is 0 Å². The van der Waals surface area contributed by atoms with Crippen LogP contribution in [0.5, 0.6) is 0 Å². The van der Waals surface area contributed by atoms with E-state index in [0.717, 1.165) is 13.0 Å². The van der Waals surface area contributed by atoms with Gasteiger partial charge in [0.1, 0.15) is 0 Å². The summed E-state index contributed by atoms with van der Waals surface area (Å²) in [6.07, 6.45) is 0.812. The van der Waals surface area contributed by atoms with Crippen LogP contribution in [0, 0.1) is 5.92 Å². The van der Waals surface area contributed by atoms with Gasteiger partial charge in [-0.2, -0.15) is 0 Å². The molecule has 108 valence electrons. The largest absolute Gasteiger partial charge is 0.389 e. The van der Waals surface area contributed by atoms with Crippen molar-refractivity contribution >= 4 is 0 Å². The van der Waals surface area contributed by atoms with Crippen LogP contribution >= 0.6 is 0 Å². The SMILES string of the molecule is COCc1ccc(CNCC(C)(O)CC(C)C)cc1.